The summed E-state index contributed by atoms with van der Waals surface area (Å²) in [6, 6.07) is 12.6. The van der Waals surface area contributed by atoms with Gasteiger partial charge in [-0.2, -0.15) is 0 Å². The summed E-state index contributed by atoms with van der Waals surface area (Å²) in [6.07, 6.45) is 1.93. The van der Waals surface area contributed by atoms with Gasteiger partial charge in [0.15, 0.2) is 0 Å². The predicted octanol–water partition coefficient (Wildman–Crippen LogP) is 3.31. The van der Waals surface area contributed by atoms with Crippen LogP contribution in [0.4, 0.5) is 11.4 Å². The Morgan fingerprint density at radius 3 is 2.42 bits per heavy atom. The average Bonchev–Trinajstić information content (AvgIpc) is 2.62. The van der Waals surface area contributed by atoms with Gasteiger partial charge < -0.3 is 10.6 Å². The Hall–Kier alpha value is -3.22. The van der Waals surface area contributed by atoms with Crippen LogP contribution in [-0.4, -0.2) is 23.3 Å². The highest BCUT2D eigenvalue weighted by Gasteiger charge is 2.13. The number of para-hydroxylation sites is 1. The normalized spacial score (nSPS) is 10.2. The highest BCUT2D eigenvalue weighted by molar-refractivity contribution is 6.04. The Kier molecular flexibility index (Phi) is 6.84. The topological polar surface area (TPSA) is 101 Å². The SMILES string of the molecule is CCCCNC(=O)c1ccccc1NC(=O)Cc1ccc([N+](=O)[O-])cc1. The fraction of sp³-hybridized carbons (Fsp3) is 0.263. The number of nitro benzene ring substituents is 1. The number of nitro groups is 1. The summed E-state index contributed by atoms with van der Waals surface area (Å²) in [6.45, 7) is 2.62. The number of unbranched alkanes of at least 4 members (excludes halogenated alkanes) is 1. The first-order valence-electron chi connectivity index (χ1n) is 8.41. The summed E-state index contributed by atoms with van der Waals surface area (Å²) in [5.74, 6) is -0.530. The molecule has 136 valence electrons. The molecule has 0 fully saturated rings. The van der Waals surface area contributed by atoms with Gasteiger partial charge >= 0.3 is 0 Å². The van der Waals surface area contributed by atoms with Crippen LogP contribution in [0, 0.1) is 10.1 Å². The van der Waals surface area contributed by atoms with E-state index < -0.39 is 4.92 Å². The van der Waals surface area contributed by atoms with Crippen LogP contribution in [0.25, 0.3) is 0 Å². The van der Waals surface area contributed by atoms with Crippen molar-refractivity contribution < 1.29 is 14.5 Å². The van der Waals surface area contributed by atoms with Crippen molar-refractivity contribution in [3.8, 4) is 0 Å². The fourth-order valence-corrected chi connectivity index (χ4v) is 2.38. The molecule has 0 saturated heterocycles. The molecule has 2 N–H and O–H groups in total. The number of nitrogens with zero attached hydrogens (tertiary/aromatic N) is 1. The second-order valence-corrected chi connectivity index (χ2v) is 5.80. The van der Waals surface area contributed by atoms with Crippen LogP contribution in [0.3, 0.4) is 0 Å². The van der Waals surface area contributed by atoms with E-state index in [1.807, 2.05) is 6.92 Å². The van der Waals surface area contributed by atoms with Crippen LogP contribution in [0.1, 0.15) is 35.7 Å². The minimum Gasteiger partial charge on any atom is -0.352 e. The number of hydrogen-bond acceptors (Lipinski definition) is 4. The first kappa shape index (κ1) is 19.1. The number of rotatable bonds is 8. The minimum absolute atomic E-state index is 0.0248. The summed E-state index contributed by atoms with van der Waals surface area (Å²) in [4.78, 5) is 34.7. The second-order valence-electron chi connectivity index (χ2n) is 5.80. The van der Waals surface area contributed by atoms with E-state index in [1.165, 1.54) is 12.1 Å². The zero-order chi connectivity index (χ0) is 18.9. The Labute approximate surface area is 151 Å². The zero-order valence-corrected chi connectivity index (χ0v) is 14.5. The van der Waals surface area contributed by atoms with Crippen LogP contribution >= 0.6 is 0 Å². The van der Waals surface area contributed by atoms with Crippen LogP contribution in [0.15, 0.2) is 48.5 Å². The molecule has 0 aliphatic rings. The highest BCUT2D eigenvalue weighted by Crippen LogP contribution is 2.17. The quantitative estimate of drug-likeness (QED) is 0.431. The predicted molar refractivity (Wildman–Crippen MR) is 99.1 cm³/mol. The van der Waals surface area contributed by atoms with Gasteiger partial charge in [-0.05, 0) is 24.1 Å². The first-order valence-corrected chi connectivity index (χ1v) is 8.41. The zero-order valence-electron chi connectivity index (χ0n) is 14.5. The smallest absolute Gasteiger partial charge is 0.269 e. The lowest BCUT2D eigenvalue weighted by atomic mass is 10.1. The summed E-state index contributed by atoms with van der Waals surface area (Å²) in [5, 5.41) is 16.2. The molecule has 0 saturated carbocycles. The van der Waals surface area contributed by atoms with E-state index in [9.17, 15) is 19.7 Å². The molecule has 2 amide bonds. The van der Waals surface area contributed by atoms with Gasteiger partial charge in [0, 0.05) is 18.7 Å². The molecule has 0 aliphatic heterocycles. The van der Waals surface area contributed by atoms with Gasteiger partial charge in [-0.3, -0.25) is 19.7 Å². The van der Waals surface area contributed by atoms with Gasteiger partial charge in [-0.25, -0.2) is 0 Å². The van der Waals surface area contributed by atoms with E-state index in [0.29, 0.717) is 23.4 Å². The number of nitrogens with one attached hydrogen (secondary N) is 2. The summed E-state index contributed by atoms with van der Waals surface area (Å²) in [5.41, 5.74) is 1.47. The molecule has 0 heterocycles. The molecule has 0 radical (unpaired) electrons. The van der Waals surface area contributed by atoms with Crippen molar-refractivity contribution in [2.45, 2.75) is 26.2 Å². The van der Waals surface area contributed by atoms with Crippen molar-refractivity contribution in [1.82, 2.24) is 5.32 Å². The number of benzene rings is 2. The van der Waals surface area contributed by atoms with E-state index in [2.05, 4.69) is 10.6 Å². The maximum Gasteiger partial charge on any atom is 0.269 e. The lowest BCUT2D eigenvalue weighted by Gasteiger charge is -2.11. The van der Waals surface area contributed by atoms with Crippen molar-refractivity contribution in [2.24, 2.45) is 0 Å². The van der Waals surface area contributed by atoms with E-state index in [4.69, 9.17) is 0 Å². The molecule has 0 atom stereocenters. The standard InChI is InChI=1S/C19H21N3O4/c1-2-3-12-20-19(24)16-6-4-5-7-17(16)21-18(23)13-14-8-10-15(11-9-14)22(25)26/h4-11H,2-3,12-13H2,1H3,(H,20,24)(H,21,23). The Morgan fingerprint density at radius 2 is 1.77 bits per heavy atom. The lowest BCUT2D eigenvalue weighted by molar-refractivity contribution is -0.384. The second kappa shape index (κ2) is 9.31. The fourth-order valence-electron chi connectivity index (χ4n) is 2.38. The molecule has 7 heteroatoms. The molecule has 2 aromatic rings. The van der Waals surface area contributed by atoms with Crippen LogP contribution in [0.2, 0.25) is 0 Å². The van der Waals surface area contributed by atoms with Gasteiger partial charge in [0.2, 0.25) is 5.91 Å². The molecule has 26 heavy (non-hydrogen) atoms. The number of amides is 2. The van der Waals surface area contributed by atoms with Crippen molar-refractivity contribution in [2.75, 3.05) is 11.9 Å². The van der Waals surface area contributed by atoms with Crippen molar-refractivity contribution in [3.63, 3.8) is 0 Å². The molecule has 0 aliphatic carbocycles. The largest absolute Gasteiger partial charge is 0.352 e. The maximum absolute atomic E-state index is 12.3. The maximum atomic E-state index is 12.3. The third-order valence-corrected chi connectivity index (χ3v) is 3.77. The van der Waals surface area contributed by atoms with E-state index in [-0.39, 0.29) is 23.9 Å². The lowest BCUT2D eigenvalue weighted by Crippen LogP contribution is -2.26. The molecule has 7 nitrogen and oxygen atoms in total. The van der Waals surface area contributed by atoms with Crippen molar-refractivity contribution >= 4 is 23.2 Å². The number of non-ortho nitro benzene ring substituents is 1. The summed E-state index contributed by atoms with van der Waals surface area (Å²) >= 11 is 0. The van der Waals surface area contributed by atoms with Crippen LogP contribution in [0.5, 0.6) is 0 Å². The molecule has 0 unspecified atom stereocenters. The molecule has 2 rings (SSSR count). The van der Waals surface area contributed by atoms with E-state index in [1.54, 1.807) is 36.4 Å². The third kappa shape index (κ3) is 5.41. The molecular weight excluding hydrogens is 334 g/mol. The van der Waals surface area contributed by atoms with Crippen molar-refractivity contribution in [1.29, 1.82) is 0 Å². The third-order valence-electron chi connectivity index (χ3n) is 3.77. The summed E-state index contributed by atoms with van der Waals surface area (Å²) < 4.78 is 0. The van der Waals surface area contributed by atoms with Gasteiger partial charge in [0.05, 0.1) is 22.6 Å². The molecule has 0 aromatic heterocycles. The van der Waals surface area contributed by atoms with Gasteiger partial charge in [0.25, 0.3) is 11.6 Å². The monoisotopic (exact) mass is 355 g/mol. The van der Waals surface area contributed by atoms with E-state index >= 15 is 0 Å². The van der Waals surface area contributed by atoms with Crippen molar-refractivity contribution in [3.05, 3.63) is 69.8 Å². The van der Waals surface area contributed by atoms with Crippen LogP contribution < -0.4 is 10.6 Å². The van der Waals surface area contributed by atoms with Gasteiger partial charge in [-0.1, -0.05) is 37.6 Å². The Morgan fingerprint density at radius 1 is 1.08 bits per heavy atom. The highest BCUT2D eigenvalue weighted by atomic mass is 16.6. The average molecular weight is 355 g/mol. The van der Waals surface area contributed by atoms with Gasteiger partial charge in [-0.15, -0.1) is 0 Å². The number of hydrogen-bond donors (Lipinski definition) is 2. The Balaban J connectivity index is 2.02. The number of carbonyl (C=O) groups is 2. The van der Waals surface area contributed by atoms with E-state index in [0.717, 1.165) is 12.8 Å². The first-order chi connectivity index (χ1) is 12.5. The molecular formula is C19H21N3O4. The summed E-state index contributed by atoms with van der Waals surface area (Å²) in [7, 11) is 0. The molecule has 2 aromatic carbocycles. The number of carbonyl (C=O) groups excluding carboxylic acids is 2. The Bertz CT molecular complexity index is 788. The molecule has 0 spiro atoms. The minimum atomic E-state index is -0.489. The van der Waals surface area contributed by atoms with Crippen LogP contribution in [-0.2, 0) is 11.2 Å². The number of anilines is 1. The molecule has 0 bridgehead atoms. The van der Waals surface area contributed by atoms with Gasteiger partial charge in [0.1, 0.15) is 0 Å².